The van der Waals surface area contributed by atoms with Crippen molar-refractivity contribution in [2.45, 2.75) is 11.5 Å². The normalized spacial score (nSPS) is 10.5. The van der Waals surface area contributed by atoms with E-state index < -0.39 is 0 Å². The van der Waals surface area contributed by atoms with Gasteiger partial charge in [0.2, 0.25) is 0 Å². The molecule has 106 valence electrons. The Bertz CT molecular complexity index is 679. The second-order valence-corrected chi connectivity index (χ2v) is 5.35. The number of rotatable bonds is 5. The summed E-state index contributed by atoms with van der Waals surface area (Å²) in [5.74, 6) is 0.828. The molecule has 0 fully saturated rings. The molecule has 0 aliphatic carbocycles. The molecule has 0 unspecified atom stereocenters. The van der Waals surface area contributed by atoms with E-state index in [4.69, 9.17) is 4.74 Å². The van der Waals surface area contributed by atoms with Gasteiger partial charge in [0.15, 0.2) is 0 Å². The summed E-state index contributed by atoms with van der Waals surface area (Å²) in [7, 11) is 0. The van der Waals surface area contributed by atoms with Crippen LogP contribution in [0.1, 0.15) is 5.69 Å². The molecule has 3 rings (SSSR count). The van der Waals surface area contributed by atoms with Crippen molar-refractivity contribution in [1.82, 2.24) is 15.0 Å². The minimum atomic E-state index is 0.470. The van der Waals surface area contributed by atoms with Gasteiger partial charge in [0.25, 0.3) is 0 Å². The lowest BCUT2D eigenvalue weighted by Gasteiger charge is -2.07. The molecule has 0 spiro atoms. The van der Waals surface area contributed by atoms with Gasteiger partial charge in [0.1, 0.15) is 12.4 Å². The van der Waals surface area contributed by atoms with Gasteiger partial charge in [-0.15, -0.1) is 11.8 Å². The van der Waals surface area contributed by atoms with Crippen molar-refractivity contribution in [2.75, 3.05) is 6.26 Å². The van der Waals surface area contributed by atoms with Crippen molar-refractivity contribution in [3.63, 3.8) is 0 Å². The number of H-pyrrole nitrogens is 1. The molecule has 0 radical (unpaired) electrons. The van der Waals surface area contributed by atoms with E-state index >= 15 is 0 Å². The third-order valence-electron chi connectivity index (χ3n) is 3.08. The van der Waals surface area contributed by atoms with Gasteiger partial charge < -0.3 is 9.72 Å². The van der Waals surface area contributed by atoms with Crippen LogP contribution in [-0.2, 0) is 6.61 Å². The molecule has 2 heterocycles. The van der Waals surface area contributed by atoms with Crippen molar-refractivity contribution in [2.24, 2.45) is 0 Å². The van der Waals surface area contributed by atoms with Crippen LogP contribution in [0.5, 0.6) is 5.75 Å². The molecule has 3 aromatic rings. The van der Waals surface area contributed by atoms with E-state index in [1.807, 2.05) is 42.8 Å². The molecular weight excluding hydrogens is 282 g/mol. The van der Waals surface area contributed by atoms with Gasteiger partial charge in [0.05, 0.1) is 23.9 Å². The molecule has 4 nitrogen and oxygen atoms in total. The lowest BCUT2D eigenvalue weighted by Crippen LogP contribution is -1.97. The highest BCUT2D eigenvalue weighted by Gasteiger charge is 2.01. The fraction of sp³-hybridized carbons (Fsp3) is 0.125. The molecule has 0 amide bonds. The van der Waals surface area contributed by atoms with Crippen LogP contribution in [0.25, 0.3) is 11.3 Å². The van der Waals surface area contributed by atoms with E-state index in [-0.39, 0.29) is 0 Å². The predicted octanol–water partition coefficient (Wildman–Crippen LogP) is 3.77. The number of benzene rings is 1. The Kier molecular flexibility index (Phi) is 4.21. The molecule has 0 atom stereocenters. The van der Waals surface area contributed by atoms with Crippen LogP contribution < -0.4 is 4.74 Å². The summed E-state index contributed by atoms with van der Waals surface area (Å²) in [6, 6.07) is 12.0. The Hall–Kier alpha value is -2.27. The smallest absolute Gasteiger partial charge is 0.130 e. The fourth-order valence-corrected chi connectivity index (χ4v) is 2.28. The Labute approximate surface area is 127 Å². The zero-order valence-corrected chi connectivity index (χ0v) is 12.4. The van der Waals surface area contributed by atoms with Gasteiger partial charge in [0, 0.05) is 11.1 Å². The standard InChI is InChI=1S/C16H15N3OS/c1-21-15-7-4-13(18-8-15)10-20-14-5-2-12(3-6-14)16-9-17-11-19-16/h2-9,11H,10H2,1H3,(H,17,19). The van der Waals surface area contributed by atoms with E-state index in [0.29, 0.717) is 6.61 Å². The summed E-state index contributed by atoms with van der Waals surface area (Å²) >= 11 is 1.68. The van der Waals surface area contributed by atoms with Crippen molar-refractivity contribution in [3.05, 3.63) is 60.8 Å². The zero-order chi connectivity index (χ0) is 14.5. The maximum Gasteiger partial charge on any atom is 0.130 e. The molecule has 21 heavy (non-hydrogen) atoms. The third-order valence-corrected chi connectivity index (χ3v) is 3.80. The number of aromatic amines is 1. The SMILES string of the molecule is CSc1ccc(COc2ccc(-c3cnc[nH]3)cc2)nc1. The van der Waals surface area contributed by atoms with Gasteiger partial charge in [-0.2, -0.15) is 0 Å². The second kappa shape index (κ2) is 6.45. The van der Waals surface area contributed by atoms with Crippen molar-refractivity contribution >= 4 is 11.8 Å². The molecule has 0 aliphatic heterocycles. The topological polar surface area (TPSA) is 50.8 Å². The molecule has 0 saturated carbocycles. The molecule has 1 aromatic carbocycles. The summed E-state index contributed by atoms with van der Waals surface area (Å²) in [4.78, 5) is 12.6. The summed E-state index contributed by atoms with van der Waals surface area (Å²) < 4.78 is 5.74. The number of ether oxygens (including phenoxy) is 1. The Balaban J connectivity index is 1.62. The number of nitrogens with one attached hydrogen (secondary N) is 1. The van der Waals surface area contributed by atoms with Crippen LogP contribution in [-0.4, -0.2) is 21.2 Å². The van der Waals surface area contributed by atoms with E-state index in [9.17, 15) is 0 Å². The average Bonchev–Trinajstić information content (AvgIpc) is 3.08. The lowest BCUT2D eigenvalue weighted by atomic mass is 10.2. The Morgan fingerprint density at radius 2 is 1.95 bits per heavy atom. The van der Waals surface area contributed by atoms with E-state index in [1.54, 1.807) is 24.3 Å². The summed E-state index contributed by atoms with van der Waals surface area (Å²) in [5.41, 5.74) is 3.00. The first kappa shape index (κ1) is 13.7. The first-order valence-corrected chi connectivity index (χ1v) is 7.78. The Morgan fingerprint density at radius 1 is 1.10 bits per heavy atom. The maximum absolute atomic E-state index is 5.74. The largest absolute Gasteiger partial charge is 0.487 e. The number of pyridine rings is 1. The number of aromatic nitrogens is 3. The van der Waals surface area contributed by atoms with Crippen LogP contribution in [0, 0.1) is 0 Å². The van der Waals surface area contributed by atoms with Gasteiger partial charge in [-0.05, 0) is 48.2 Å². The lowest BCUT2D eigenvalue weighted by molar-refractivity contribution is 0.301. The van der Waals surface area contributed by atoms with E-state index in [0.717, 1.165) is 27.6 Å². The maximum atomic E-state index is 5.74. The van der Waals surface area contributed by atoms with Gasteiger partial charge in [-0.3, -0.25) is 4.98 Å². The minimum Gasteiger partial charge on any atom is -0.487 e. The first-order chi connectivity index (χ1) is 10.3. The Morgan fingerprint density at radius 3 is 2.57 bits per heavy atom. The van der Waals surface area contributed by atoms with Crippen molar-refractivity contribution in [1.29, 1.82) is 0 Å². The van der Waals surface area contributed by atoms with E-state index in [2.05, 4.69) is 21.0 Å². The average molecular weight is 297 g/mol. The molecule has 5 heteroatoms. The fourth-order valence-electron chi connectivity index (χ4n) is 1.92. The highest BCUT2D eigenvalue weighted by atomic mass is 32.2. The number of nitrogens with zero attached hydrogens (tertiary/aromatic N) is 2. The van der Waals surface area contributed by atoms with Crippen LogP contribution in [0.3, 0.4) is 0 Å². The minimum absolute atomic E-state index is 0.470. The summed E-state index contributed by atoms with van der Waals surface area (Å²) in [6.45, 7) is 0.470. The molecule has 0 aliphatic rings. The first-order valence-electron chi connectivity index (χ1n) is 6.56. The molecule has 0 bridgehead atoms. The number of hydrogen-bond acceptors (Lipinski definition) is 4. The molecule has 2 aromatic heterocycles. The quantitative estimate of drug-likeness (QED) is 0.728. The van der Waals surface area contributed by atoms with Gasteiger partial charge in [-0.1, -0.05) is 0 Å². The van der Waals surface area contributed by atoms with Crippen molar-refractivity contribution < 1.29 is 4.74 Å². The highest BCUT2D eigenvalue weighted by molar-refractivity contribution is 7.98. The number of thioether (sulfide) groups is 1. The van der Waals surface area contributed by atoms with E-state index in [1.165, 1.54) is 0 Å². The summed E-state index contributed by atoms with van der Waals surface area (Å²) in [5, 5.41) is 0. The molecule has 1 N–H and O–H groups in total. The number of hydrogen-bond donors (Lipinski definition) is 1. The van der Waals surface area contributed by atoms with Crippen molar-refractivity contribution in [3.8, 4) is 17.0 Å². The van der Waals surface area contributed by atoms with Crippen LogP contribution in [0.4, 0.5) is 0 Å². The molecule has 0 saturated heterocycles. The highest BCUT2D eigenvalue weighted by Crippen LogP contribution is 2.21. The monoisotopic (exact) mass is 297 g/mol. The van der Waals surface area contributed by atoms with Crippen LogP contribution in [0.2, 0.25) is 0 Å². The zero-order valence-electron chi connectivity index (χ0n) is 11.6. The second-order valence-electron chi connectivity index (χ2n) is 4.47. The predicted molar refractivity (Wildman–Crippen MR) is 84.4 cm³/mol. The van der Waals surface area contributed by atoms with Crippen LogP contribution >= 0.6 is 11.8 Å². The van der Waals surface area contributed by atoms with Crippen LogP contribution in [0.15, 0.2) is 60.0 Å². The number of imidazole rings is 1. The summed E-state index contributed by atoms with van der Waals surface area (Å²) in [6.07, 6.45) is 7.37. The third kappa shape index (κ3) is 3.44. The van der Waals surface area contributed by atoms with Gasteiger partial charge in [-0.25, -0.2) is 4.98 Å². The molecular formula is C16H15N3OS. The van der Waals surface area contributed by atoms with Gasteiger partial charge >= 0.3 is 0 Å².